The Hall–Kier alpha value is -3.32. The van der Waals surface area contributed by atoms with Crippen LogP contribution in [0.4, 0.5) is 15.2 Å². The Balaban J connectivity index is 1.79. The molecular formula is C25H26FN3O2S. The van der Waals surface area contributed by atoms with Gasteiger partial charge < -0.3 is 4.90 Å². The number of rotatable bonds is 8. The van der Waals surface area contributed by atoms with Gasteiger partial charge in [0.25, 0.3) is 0 Å². The van der Waals surface area contributed by atoms with Crippen LogP contribution in [-0.2, 0) is 16.1 Å². The molecule has 1 aromatic heterocycles. The highest BCUT2D eigenvalue weighted by atomic mass is 32.1. The van der Waals surface area contributed by atoms with E-state index in [1.807, 2.05) is 49.1 Å². The number of carbonyl (C=O) groups excluding carboxylic acids is 2. The first-order valence-corrected chi connectivity index (χ1v) is 11.3. The van der Waals surface area contributed by atoms with Crippen LogP contribution in [0.3, 0.4) is 0 Å². The van der Waals surface area contributed by atoms with Gasteiger partial charge in [-0.2, -0.15) is 0 Å². The number of aromatic nitrogens is 1. The quantitative estimate of drug-likeness (QED) is 0.406. The number of benzene rings is 2. The molecular weight excluding hydrogens is 425 g/mol. The number of hydrogen-bond donors (Lipinski definition) is 0. The molecule has 166 valence electrons. The molecule has 0 aliphatic carbocycles. The number of hydrogen-bond acceptors (Lipinski definition) is 4. The second-order valence-electron chi connectivity index (χ2n) is 7.40. The molecule has 32 heavy (non-hydrogen) atoms. The minimum atomic E-state index is -0.504. The van der Waals surface area contributed by atoms with Gasteiger partial charge >= 0.3 is 0 Å². The van der Waals surface area contributed by atoms with Crippen LogP contribution in [0.2, 0.25) is 0 Å². The summed E-state index contributed by atoms with van der Waals surface area (Å²) in [4.78, 5) is 32.6. The van der Waals surface area contributed by atoms with Crippen LogP contribution in [-0.4, -0.2) is 27.7 Å². The molecule has 1 heterocycles. The summed E-state index contributed by atoms with van der Waals surface area (Å²) in [7, 11) is 0. The SMILES string of the molecule is CCC(C)N(Cc1ccccc1)C(=O)/C=C/c1csc(N(C(C)=O)c2ccccc2F)n1. The highest BCUT2D eigenvalue weighted by Crippen LogP contribution is 2.31. The number of anilines is 2. The van der Waals surface area contributed by atoms with Crippen molar-refractivity contribution in [2.24, 2.45) is 0 Å². The van der Waals surface area contributed by atoms with Crippen molar-refractivity contribution in [3.8, 4) is 0 Å². The van der Waals surface area contributed by atoms with Crippen molar-refractivity contribution in [2.75, 3.05) is 4.90 Å². The predicted octanol–water partition coefficient (Wildman–Crippen LogP) is 5.81. The second kappa shape index (κ2) is 10.8. The number of carbonyl (C=O) groups is 2. The van der Waals surface area contributed by atoms with Gasteiger partial charge in [0.1, 0.15) is 5.82 Å². The van der Waals surface area contributed by atoms with Gasteiger partial charge in [-0.15, -0.1) is 11.3 Å². The standard InChI is InChI=1S/C25H26FN3O2S/c1-4-18(2)28(16-20-10-6-5-7-11-20)24(31)15-14-21-17-32-25(27-21)29(19(3)30)23-13-9-8-12-22(23)26/h5-15,17-18H,4,16H2,1-3H3/b15-14+. The molecule has 3 rings (SSSR count). The van der Waals surface area contributed by atoms with Crippen molar-refractivity contribution < 1.29 is 14.0 Å². The molecule has 0 spiro atoms. The van der Waals surface area contributed by atoms with Gasteiger partial charge in [0.15, 0.2) is 5.13 Å². The Labute approximate surface area is 191 Å². The molecule has 0 saturated heterocycles. The predicted molar refractivity (Wildman–Crippen MR) is 127 cm³/mol. The van der Waals surface area contributed by atoms with E-state index in [-0.39, 0.29) is 23.5 Å². The first kappa shape index (κ1) is 23.3. The Kier molecular flexibility index (Phi) is 7.89. The van der Waals surface area contributed by atoms with Crippen LogP contribution < -0.4 is 4.90 Å². The molecule has 2 aromatic carbocycles. The van der Waals surface area contributed by atoms with E-state index in [9.17, 15) is 14.0 Å². The minimum absolute atomic E-state index is 0.0765. The number of halogens is 1. The zero-order chi connectivity index (χ0) is 23.1. The molecule has 0 N–H and O–H groups in total. The van der Waals surface area contributed by atoms with Gasteiger partial charge in [0.2, 0.25) is 11.8 Å². The fraction of sp³-hybridized carbons (Fsp3) is 0.240. The normalized spacial score (nSPS) is 12.0. The lowest BCUT2D eigenvalue weighted by Gasteiger charge is -2.27. The van der Waals surface area contributed by atoms with Gasteiger partial charge in [-0.1, -0.05) is 49.4 Å². The van der Waals surface area contributed by atoms with Crippen molar-refractivity contribution in [1.82, 2.24) is 9.88 Å². The van der Waals surface area contributed by atoms with E-state index < -0.39 is 5.82 Å². The maximum absolute atomic E-state index is 14.2. The molecule has 1 atom stereocenters. The lowest BCUT2D eigenvalue weighted by Crippen LogP contribution is -2.36. The first-order valence-electron chi connectivity index (χ1n) is 10.4. The molecule has 0 aliphatic heterocycles. The summed E-state index contributed by atoms with van der Waals surface area (Å²) < 4.78 is 14.2. The third kappa shape index (κ3) is 5.68. The summed E-state index contributed by atoms with van der Waals surface area (Å²) in [5, 5.41) is 2.08. The van der Waals surface area contributed by atoms with Crippen molar-refractivity contribution >= 4 is 40.0 Å². The van der Waals surface area contributed by atoms with E-state index >= 15 is 0 Å². The van der Waals surface area contributed by atoms with Crippen molar-refractivity contribution in [3.63, 3.8) is 0 Å². The van der Waals surface area contributed by atoms with Gasteiger partial charge in [-0.25, -0.2) is 9.37 Å². The Morgan fingerprint density at radius 1 is 1.12 bits per heavy atom. The molecule has 0 aliphatic rings. The van der Waals surface area contributed by atoms with Crippen LogP contribution in [0.5, 0.6) is 0 Å². The van der Waals surface area contributed by atoms with E-state index in [1.54, 1.807) is 23.6 Å². The summed E-state index contributed by atoms with van der Waals surface area (Å²) in [5.74, 6) is -0.965. The zero-order valence-electron chi connectivity index (χ0n) is 18.4. The van der Waals surface area contributed by atoms with E-state index in [1.165, 1.54) is 41.4 Å². The number of thiazole rings is 1. The Morgan fingerprint density at radius 2 is 1.81 bits per heavy atom. The molecule has 0 radical (unpaired) electrons. The smallest absolute Gasteiger partial charge is 0.247 e. The van der Waals surface area contributed by atoms with Crippen LogP contribution in [0, 0.1) is 5.82 Å². The van der Waals surface area contributed by atoms with Crippen molar-refractivity contribution in [1.29, 1.82) is 0 Å². The molecule has 2 amide bonds. The van der Waals surface area contributed by atoms with Gasteiger partial charge in [0.05, 0.1) is 11.4 Å². The first-order chi connectivity index (χ1) is 15.4. The largest absolute Gasteiger partial charge is 0.332 e. The lowest BCUT2D eigenvalue weighted by atomic mass is 10.1. The summed E-state index contributed by atoms with van der Waals surface area (Å²) in [5.41, 5.74) is 1.74. The highest BCUT2D eigenvalue weighted by Gasteiger charge is 2.21. The molecule has 0 saturated carbocycles. The fourth-order valence-corrected chi connectivity index (χ4v) is 4.05. The van der Waals surface area contributed by atoms with Crippen LogP contribution in [0.1, 0.15) is 38.4 Å². The fourth-order valence-electron chi connectivity index (χ4n) is 3.20. The van der Waals surface area contributed by atoms with Crippen molar-refractivity contribution in [2.45, 2.75) is 39.8 Å². The molecule has 0 fully saturated rings. The summed E-state index contributed by atoms with van der Waals surface area (Å²) in [6.07, 6.45) is 3.96. The number of nitrogens with zero attached hydrogens (tertiary/aromatic N) is 3. The molecule has 7 heteroatoms. The zero-order valence-corrected chi connectivity index (χ0v) is 19.2. The van der Waals surface area contributed by atoms with Crippen LogP contribution in [0.15, 0.2) is 66.1 Å². The third-order valence-electron chi connectivity index (χ3n) is 5.11. The monoisotopic (exact) mass is 451 g/mol. The second-order valence-corrected chi connectivity index (χ2v) is 8.24. The minimum Gasteiger partial charge on any atom is -0.332 e. The van der Waals surface area contributed by atoms with E-state index in [4.69, 9.17) is 0 Å². The van der Waals surface area contributed by atoms with Crippen LogP contribution in [0.25, 0.3) is 6.08 Å². The maximum Gasteiger partial charge on any atom is 0.247 e. The van der Waals surface area contributed by atoms with Gasteiger partial charge in [0, 0.05) is 31.0 Å². The maximum atomic E-state index is 14.2. The highest BCUT2D eigenvalue weighted by molar-refractivity contribution is 7.14. The van der Waals surface area contributed by atoms with E-state index in [0.29, 0.717) is 17.4 Å². The van der Waals surface area contributed by atoms with E-state index in [0.717, 1.165) is 12.0 Å². The third-order valence-corrected chi connectivity index (χ3v) is 5.95. The number of amides is 2. The van der Waals surface area contributed by atoms with Gasteiger partial charge in [-0.05, 0) is 37.1 Å². The number of para-hydroxylation sites is 1. The topological polar surface area (TPSA) is 53.5 Å². The van der Waals surface area contributed by atoms with Crippen molar-refractivity contribution in [3.05, 3.63) is 83.1 Å². The lowest BCUT2D eigenvalue weighted by molar-refractivity contribution is -0.128. The summed E-state index contributed by atoms with van der Waals surface area (Å²) in [6.45, 7) is 5.95. The molecule has 1 unspecified atom stereocenters. The van der Waals surface area contributed by atoms with Gasteiger partial charge in [-0.3, -0.25) is 14.5 Å². The summed E-state index contributed by atoms with van der Waals surface area (Å²) in [6, 6.07) is 16.0. The Morgan fingerprint density at radius 3 is 2.47 bits per heavy atom. The Bertz CT molecular complexity index is 1100. The average molecular weight is 452 g/mol. The summed E-state index contributed by atoms with van der Waals surface area (Å²) >= 11 is 1.21. The molecule has 3 aromatic rings. The molecule has 0 bridgehead atoms. The molecule has 5 nitrogen and oxygen atoms in total. The van der Waals surface area contributed by atoms with E-state index in [2.05, 4.69) is 4.98 Å². The van der Waals surface area contributed by atoms with Crippen LogP contribution >= 0.6 is 11.3 Å². The average Bonchev–Trinajstić information content (AvgIpc) is 3.25.